The third-order valence-corrected chi connectivity index (χ3v) is 2.49. The number of nitrogens with one attached hydrogen (secondary N) is 1. The van der Waals surface area contributed by atoms with Gasteiger partial charge in [-0.1, -0.05) is 30.3 Å². The molecule has 0 saturated carbocycles. The largest absolute Gasteiger partial charge is 0.352 e. The Kier molecular flexibility index (Phi) is 3.67. The van der Waals surface area contributed by atoms with Crippen molar-refractivity contribution in [3.05, 3.63) is 53.9 Å². The maximum absolute atomic E-state index is 6.05. The smallest absolute Gasteiger partial charge is 0.222 e. The van der Waals surface area contributed by atoms with Crippen LogP contribution < -0.4 is 11.1 Å². The van der Waals surface area contributed by atoms with Gasteiger partial charge in [0.05, 0.1) is 0 Å². The lowest BCUT2D eigenvalue weighted by atomic mass is 10.1. The minimum Gasteiger partial charge on any atom is -0.352 e. The van der Waals surface area contributed by atoms with Gasteiger partial charge in [-0.3, -0.25) is 0 Å². The summed E-state index contributed by atoms with van der Waals surface area (Å²) in [4.78, 5) is 8.33. The fourth-order valence-corrected chi connectivity index (χ4v) is 1.50. The molecule has 0 radical (unpaired) electrons. The van der Waals surface area contributed by atoms with Gasteiger partial charge in [-0.15, -0.1) is 0 Å². The molecule has 0 amide bonds. The molecule has 1 atom stereocenters. The third kappa shape index (κ3) is 3.26. The molecule has 0 saturated heterocycles. The van der Waals surface area contributed by atoms with Crippen molar-refractivity contribution in [3.63, 3.8) is 0 Å². The molecule has 1 aromatic heterocycles. The maximum Gasteiger partial charge on any atom is 0.222 e. The highest BCUT2D eigenvalue weighted by Gasteiger charge is 2.05. The van der Waals surface area contributed by atoms with Crippen LogP contribution in [0.15, 0.2) is 42.7 Å². The van der Waals surface area contributed by atoms with E-state index < -0.39 is 0 Å². The Balaban J connectivity index is 1.92. The van der Waals surface area contributed by atoms with Crippen LogP contribution in [0.4, 0.5) is 5.95 Å². The van der Waals surface area contributed by atoms with E-state index in [1.165, 1.54) is 0 Å². The molecule has 0 spiro atoms. The second-order valence-corrected chi connectivity index (χ2v) is 3.98. The number of aryl methyl sites for hydroxylation is 1. The quantitative estimate of drug-likeness (QED) is 0.839. The van der Waals surface area contributed by atoms with Crippen LogP contribution in [-0.2, 0) is 0 Å². The van der Waals surface area contributed by atoms with Gasteiger partial charge in [0, 0.05) is 25.0 Å². The number of hydrogen-bond acceptors (Lipinski definition) is 4. The van der Waals surface area contributed by atoms with Gasteiger partial charge in [-0.05, 0) is 18.1 Å². The van der Waals surface area contributed by atoms with Crippen molar-refractivity contribution in [2.45, 2.75) is 13.0 Å². The summed E-state index contributed by atoms with van der Waals surface area (Å²) in [5.41, 5.74) is 8.20. The van der Waals surface area contributed by atoms with E-state index in [0.29, 0.717) is 12.5 Å². The first-order valence-corrected chi connectivity index (χ1v) is 5.59. The predicted octanol–water partition coefficient (Wildman–Crippen LogP) is 1.90. The molecule has 17 heavy (non-hydrogen) atoms. The normalized spacial score (nSPS) is 12.1. The molecule has 3 N–H and O–H groups in total. The van der Waals surface area contributed by atoms with Crippen LogP contribution in [0.3, 0.4) is 0 Å². The van der Waals surface area contributed by atoms with Gasteiger partial charge in [-0.25, -0.2) is 9.97 Å². The summed E-state index contributed by atoms with van der Waals surface area (Å²) in [6.45, 7) is 2.58. The monoisotopic (exact) mass is 228 g/mol. The molecule has 1 unspecified atom stereocenters. The number of hydrogen-bond donors (Lipinski definition) is 2. The summed E-state index contributed by atoms with van der Waals surface area (Å²) >= 11 is 0. The van der Waals surface area contributed by atoms with Crippen LogP contribution in [-0.4, -0.2) is 16.5 Å². The average Bonchev–Trinajstić information content (AvgIpc) is 2.39. The van der Waals surface area contributed by atoms with E-state index >= 15 is 0 Å². The van der Waals surface area contributed by atoms with Crippen molar-refractivity contribution in [1.29, 1.82) is 0 Å². The van der Waals surface area contributed by atoms with Gasteiger partial charge in [0.15, 0.2) is 0 Å². The molecule has 1 aromatic carbocycles. The number of nitrogens with zero attached hydrogens (tertiary/aromatic N) is 2. The summed E-state index contributed by atoms with van der Waals surface area (Å²) in [5.74, 6) is 0.613. The molecule has 0 aliphatic rings. The van der Waals surface area contributed by atoms with E-state index in [2.05, 4.69) is 15.3 Å². The molecule has 0 fully saturated rings. The van der Waals surface area contributed by atoms with Crippen LogP contribution in [0, 0.1) is 6.92 Å². The average molecular weight is 228 g/mol. The Bertz CT molecular complexity index is 453. The molecular weight excluding hydrogens is 212 g/mol. The first-order chi connectivity index (χ1) is 8.25. The Labute approximate surface area is 101 Å². The van der Waals surface area contributed by atoms with Crippen LogP contribution in [0.1, 0.15) is 17.2 Å². The minimum absolute atomic E-state index is 0.0545. The van der Waals surface area contributed by atoms with Crippen LogP contribution in [0.2, 0.25) is 0 Å². The van der Waals surface area contributed by atoms with Gasteiger partial charge >= 0.3 is 0 Å². The molecule has 4 nitrogen and oxygen atoms in total. The van der Waals surface area contributed by atoms with E-state index in [4.69, 9.17) is 5.73 Å². The summed E-state index contributed by atoms with van der Waals surface area (Å²) in [7, 11) is 0. The molecule has 0 aliphatic carbocycles. The van der Waals surface area contributed by atoms with Crippen molar-refractivity contribution in [1.82, 2.24) is 9.97 Å². The molecule has 1 heterocycles. The lowest BCUT2D eigenvalue weighted by molar-refractivity contribution is 0.758. The molecule has 88 valence electrons. The van der Waals surface area contributed by atoms with Gasteiger partial charge in [0.25, 0.3) is 0 Å². The minimum atomic E-state index is -0.0545. The zero-order valence-electron chi connectivity index (χ0n) is 9.80. The molecular formula is C13H16N4. The number of nitrogens with two attached hydrogens (primary N) is 1. The fraction of sp³-hybridized carbons (Fsp3) is 0.231. The van der Waals surface area contributed by atoms with Crippen LogP contribution >= 0.6 is 0 Å². The third-order valence-electron chi connectivity index (χ3n) is 2.49. The predicted molar refractivity (Wildman–Crippen MR) is 68.6 cm³/mol. The molecule has 0 bridgehead atoms. The highest BCUT2D eigenvalue weighted by Crippen LogP contribution is 2.09. The molecule has 2 aromatic rings. The lowest BCUT2D eigenvalue weighted by Crippen LogP contribution is -2.21. The van der Waals surface area contributed by atoms with Crippen molar-refractivity contribution in [2.24, 2.45) is 5.73 Å². The zero-order chi connectivity index (χ0) is 12.1. The van der Waals surface area contributed by atoms with Gasteiger partial charge < -0.3 is 11.1 Å². The van der Waals surface area contributed by atoms with Crippen LogP contribution in [0.5, 0.6) is 0 Å². The maximum atomic E-state index is 6.05. The van der Waals surface area contributed by atoms with Crippen molar-refractivity contribution in [3.8, 4) is 0 Å². The van der Waals surface area contributed by atoms with E-state index in [0.717, 1.165) is 11.1 Å². The number of rotatable bonds is 4. The molecule has 4 heteroatoms. The lowest BCUT2D eigenvalue weighted by Gasteiger charge is -2.12. The Morgan fingerprint density at radius 2 is 1.82 bits per heavy atom. The second kappa shape index (κ2) is 5.41. The van der Waals surface area contributed by atoms with Crippen molar-refractivity contribution >= 4 is 5.95 Å². The number of benzene rings is 1. The Morgan fingerprint density at radius 1 is 1.18 bits per heavy atom. The van der Waals surface area contributed by atoms with Crippen molar-refractivity contribution < 1.29 is 0 Å². The summed E-state index contributed by atoms with van der Waals surface area (Å²) in [5, 5.41) is 3.12. The number of anilines is 1. The SMILES string of the molecule is Cc1cnc(NCC(N)c2ccccc2)nc1. The first-order valence-electron chi connectivity index (χ1n) is 5.59. The second-order valence-electron chi connectivity index (χ2n) is 3.98. The Morgan fingerprint density at radius 3 is 2.47 bits per heavy atom. The van der Waals surface area contributed by atoms with E-state index in [1.807, 2.05) is 37.3 Å². The van der Waals surface area contributed by atoms with E-state index in [1.54, 1.807) is 12.4 Å². The summed E-state index contributed by atoms with van der Waals surface area (Å²) in [6, 6.07) is 9.92. The molecule has 2 rings (SSSR count). The van der Waals surface area contributed by atoms with Gasteiger partial charge in [0.1, 0.15) is 0 Å². The summed E-state index contributed by atoms with van der Waals surface area (Å²) in [6.07, 6.45) is 3.56. The standard InChI is InChI=1S/C13H16N4/c1-10-7-15-13(16-8-10)17-9-12(14)11-5-3-2-4-6-11/h2-8,12H,9,14H2,1H3,(H,15,16,17). The number of aromatic nitrogens is 2. The highest BCUT2D eigenvalue weighted by molar-refractivity contribution is 5.27. The van der Waals surface area contributed by atoms with Gasteiger partial charge in [-0.2, -0.15) is 0 Å². The highest BCUT2D eigenvalue weighted by atomic mass is 15.1. The first kappa shape index (κ1) is 11.5. The Hall–Kier alpha value is -1.94. The van der Waals surface area contributed by atoms with Crippen LogP contribution in [0.25, 0.3) is 0 Å². The van der Waals surface area contributed by atoms with E-state index in [9.17, 15) is 0 Å². The van der Waals surface area contributed by atoms with Gasteiger partial charge in [0.2, 0.25) is 5.95 Å². The summed E-state index contributed by atoms with van der Waals surface area (Å²) < 4.78 is 0. The molecule has 0 aliphatic heterocycles. The van der Waals surface area contributed by atoms with E-state index in [-0.39, 0.29) is 6.04 Å². The van der Waals surface area contributed by atoms with Crippen molar-refractivity contribution in [2.75, 3.05) is 11.9 Å². The zero-order valence-corrected chi connectivity index (χ0v) is 9.80. The topological polar surface area (TPSA) is 63.8 Å². The fourth-order valence-electron chi connectivity index (χ4n) is 1.50.